The van der Waals surface area contributed by atoms with E-state index in [1.807, 2.05) is 6.92 Å². The highest BCUT2D eigenvalue weighted by Gasteiger charge is 2.04. The van der Waals surface area contributed by atoms with Crippen molar-refractivity contribution in [3.05, 3.63) is 16.7 Å². The molecule has 1 rings (SSSR count). The first-order valence-corrected chi connectivity index (χ1v) is 5.49. The molecule has 0 radical (unpaired) electrons. The molecular formula is C10H17N5O2. The van der Waals surface area contributed by atoms with Crippen molar-refractivity contribution in [1.82, 2.24) is 15.3 Å². The highest BCUT2D eigenvalue weighted by atomic mass is 16.1. The molecule has 0 unspecified atom stereocenters. The van der Waals surface area contributed by atoms with Crippen LogP contribution < -0.4 is 21.9 Å². The van der Waals surface area contributed by atoms with Crippen molar-refractivity contribution in [2.45, 2.75) is 19.8 Å². The van der Waals surface area contributed by atoms with Crippen LogP contribution in [0.15, 0.2) is 11.1 Å². The molecule has 0 atom stereocenters. The van der Waals surface area contributed by atoms with Crippen molar-refractivity contribution in [3.8, 4) is 0 Å². The summed E-state index contributed by atoms with van der Waals surface area (Å²) in [4.78, 5) is 28.6. The number of aromatic amines is 1. The molecule has 0 fully saturated rings. The van der Waals surface area contributed by atoms with E-state index in [1.54, 1.807) is 0 Å². The Balaban J connectivity index is 2.38. The molecule has 0 bridgehead atoms. The maximum absolute atomic E-state index is 11.3. The van der Waals surface area contributed by atoms with Crippen LogP contribution in [-0.2, 0) is 4.79 Å². The number of amides is 1. The molecule has 1 aromatic rings. The fraction of sp³-hybridized carbons (Fsp3) is 0.500. The van der Waals surface area contributed by atoms with E-state index in [2.05, 4.69) is 20.6 Å². The minimum atomic E-state index is -0.391. The third kappa shape index (κ3) is 4.13. The third-order valence-corrected chi connectivity index (χ3v) is 2.11. The third-order valence-electron chi connectivity index (χ3n) is 2.11. The fourth-order valence-corrected chi connectivity index (χ4v) is 1.20. The number of anilines is 2. The van der Waals surface area contributed by atoms with E-state index in [-0.39, 0.29) is 11.6 Å². The average molecular weight is 239 g/mol. The molecule has 0 aliphatic heterocycles. The molecule has 1 amide bonds. The molecule has 7 heteroatoms. The molecule has 0 aliphatic carbocycles. The van der Waals surface area contributed by atoms with Gasteiger partial charge >= 0.3 is 0 Å². The Hall–Kier alpha value is -2.05. The highest BCUT2D eigenvalue weighted by molar-refractivity contribution is 5.76. The summed E-state index contributed by atoms with van der Waals surface area (Å²) >= 11 is 0. The van der Waals surface area contributed by atoms with Crippen molar-refractivity contribution in [2.75, 3.05) is 24.1 Å². The molecular weight excluding hydrogens is 222 g/mol. The van der Waals surface area contributed by atoms with E-state index < -0.39 is 5.56 Å². The Morgan fingerprint density at radius 2 is 2.29 bits per heavy atom. The van der Waals surface area contributed by atoms with Gasteiger partial charge < -0.3 is 21.4 Å². The molecule has 1 aromatic heterocycles. The zero-order chi connectivity index (χ0) is 12.7. The molecule has 7 nitrogen and oxygen atoms in total. The van der Waals surface area contributed by atoms with Crippen LogP contribution in [0.25, 0.3) is 0 Å². The van der Waals surface area contributed by atoms with E-state index in [9.17, 15) is 9.59 Å². The maximum atomic E-state index is 11.3. The first-order chi connectivity index (χ1) is 8.15. The zero-order valence-corrected chi connectivity index (χ0v) is 9.75. The maximum Gasteiger partial charge on any atom is 0.276 e. The van der Waals surface area contributed by atoms with Crippen LogP contribution in [0.1, 0.15) is 19.8 Å². The van der Waals surface area contributed by atoms with Crippen molar-refractivity contribution < 1.29 is 4.79 Å². The lowest BCUT2D eigenvalue weighted by Gasteiger charge is -2.07. The summed E-state index contributed by atoms with van der Waals surface area (Å²) in [7, 11) is 0. The van der Waals surface area contributed by atoms with Crippen LogP contribution in [0.2, 0.25) is 0 Å². The van der Waals surface area contributed by atoms with Crippen LogP contribution >= 0.6 is 0 Å². The Morgan fingerprint density at radius 1 is 1.53 bits per heavy atom. The second-order valence-electron chi connectivity index (χ2n) is 3.52. The average Bonchev–Trinajstić information content (AvgIpc) is 2.32. The van der Waals surface area contributed by atoms with Crippen molar-refractivity contribution in [1.29, 1.82) is 0 Å². The van der Waals surface area contributed by atoms with Gasteiger partial charge in [0.25, 0.3) is 5.56 Å². The monoisotopic (exact) mass is 239 g/mol. The Bertz CT molecular complexity index is 429. The second kappa shape index (κ2) is 6.51. The Kier molecular flexibility index (Phi) is 4.99. The van der Waals surface area contributed by atoms with Crippen LogP contribution in [0.4, 0.5) is 11.5 Å². The smallest absolute Gasteiger partial charge is 0.276 e. The summed E-state index contributed by atoms with van der Waals surface area (Å²) in [5.41, 5.74) is 5.15. The van der Waals surface area contributed by atoms with Gasteiger partial charge in [-0.05, 0) is 6.42 Å². The quantitative estimate of drug-likeness (QED) is 0.543. The van der Waals surface area contributed by atoms with E-state index in [4.69, 9.17) is 5.73 Å². The van der Waals surface area contributed by atoms with Crippen molar-refractivity contribution in [2.24, 2.45) is 0 Å². The van der Waals surface area contributed by atoms with Gasteiger partial charge in [0.1, 0.15) is 5.69 Å². The van der Waals surface area contributed by atoms with E-state index in [0.29, 0.717) is 25.3 Å². The molecule has 1 heterocycles. The fourth-order valence-electron chi connectivity index (χ4n) is 1.20. The number of carbonyl (C=O) groups is 1. The van der Waals surface area contributed by atoms with Crippen molar-refractivity contribution >= 4 is 17.4 Å². The minimum absolute atomic E-state index is 0.0291. The number of hydrogen-bond donors (Lipinski definition) is 4. The zero-order valence-electron chi connectivity index (χ0n) is 9.75. The van der Waals surface area contributed by atoms with Gasteiger partial charge in [-0.1, -0.05) is 6.92 Å². The van der Waals surface area contributed by atoms with Crippen LogP contribution in [0.5, 0.6) is 0 Å². The van der Waals surface area contributed by atoms with Gasteiger partial charge in [0, 0.05) is 19.5 Å². The number of nitrogens with one attached hydrogen (secondary N) is 3. The lowest BCUT2D eigenvalue weighted by atomic mass is 10.3. The summed E-state index contributed by atoms with van der Waals surface area (Å²) in [5.74, 6) is 0.264. The molecule has 17 heavy (non-hydrogen) atoms. The topological polar surface area (TPSA) is 113 Å². The molecule has 0 aliphatic rings. The van der Waals surface area contributed by atoms with Crippen LogP contribution in [0.3, 0.4) is 0 Å². The van der Waals surface area contributed by atoms with Crippen LogP contribution in [-0.4, -0.2) is 29.0 Å². The highest BCUT2D eigenvalue weighted by Crippen LogP contribution is 2.06. The summed E-state index contributed by atoms with van der Waals surface area (Å²) in [6.45, 7) is 3.04. The minimum Gasteiger partial charge on any atom is -0.391 e. The molecule has 5 N–H and O–H groups in total. The molecule has 0 saturated heterocycles. The van der Waals surface area contributed by atoms with Gasteiger partial charge in [-0.25, -0.2) is 4.98 Å². The molecule has 0 spiro atoms. The Labute approximate surface area is 98.8 Å². The summed E-state index contributed by atoms with van der Waals surface area (Å²) in [6, 6.07) is 0. The van der Waals surface area contributed by atoms with Gasteiger partial charge in [-0.3, -0.25) is 9.59 Å². The molecule has 0 aromatic carbocycles. The Morgan fingerprint density at radius 3 is 3.00 bits per heavy atom. The number of aromatic nitrogens is 2. The van der Waals surface area contributed by atoms with Gasteiger partial charge in [-0.15, -0.1) is 0 Å². The van der Waals surface area contributed by atoms with Gasteiger partial charge in [-0.2, -0.15) is 0 Å². The van der Waals surface area contributed by atoms with Gasteiger partial charge in [0.2, 0.25) is 5.91 Å². The number of rotatable bonds is 6. The van der Waals surface area contributed by atoms with E-state index in [1.165, 1.54) is 6.33 Å². The number of hydrogen-bond acceptors (Lipinski definition) is 5. The van der Waals surface area contributed by atoms with Crippen LogP contribution in [0, 0.1) is 0 Å². The molecule has 0 saturated carbocycles. The number of nitrogens with two attached hydrogens (primary N) is 1. The summed E-state index contributed by atoms with van der Waals surface area (Å²) < 4.78 is 0. The van der Waals surface area contributed by atoms with Gasteiger partial charge in [0.05, 0.1) is 6.33 Å². The summed E-state index contributed by atoms with van der Waals surface area (Å²) in [6.07, 6.45) is 2.48. The number of nitrogen functional groups attached to an aromatic ring is 1. The first-order valence-electron chi connectivity index (χ1n) is 5.49. The first kappa shape index (κ1) is 13.0. The number of carbonyl (C=O) groups excluding carboxylic acids is 1. The van der Waals surface area contributed by atoms with E-state index >= 15 is 0 Å². The lowest BCUT2D eigenvalue weighted by molar-refractivity contribution is -0.120. The standard InChI is InChI=1S/C10H17N5O2/c1-2-4-12-7(16)3-5-13-9-8(11)10(17)15-6-14-9/h6H,2-5,11H2,1H3,(H,12,16)(H2,13,14,15,17). The predicted octanol–water partition coefficient (Wildman–Crippen LogP) is -0.320. The predicted molar refractivity (Wildman–Crippen MR) is 65.7 cm³/mol. The van der Waals surface area contributed by atoms with Crippen molar-refractivity contribution in [3.63, 3.8) is 0 Å². The van der Waals surface area contributed by atoms with Gasteiger partial charge in [0.15, 0.2) is 5.82 Å². The lowest BCUT2D eigenvalue weighted by Crippen LogP contribution is -2.26. The van der Waals surface area contributed by atoms with E-state index in [0.717, 1.165) is 6.42 Å². The normalized spacial score (nSPS) is 9.94. The number of nitrogens with zero attached hydrogens (tertiary/aromatic N) is 1. The number of H-pyrrole nitrogens is 1. The molecule has 94 valence electrons. The SMILES string of the molecule is CCCNC(=O)CCNc1nc[nH]c(=O)c1N. The summed E-state index contributed by atoms with van der Waals surface area (Å²) in [5, 5.41) is 5.59. The second-order valence-corrected chi connectivity index (χ2v) is 3.52. The largest absolute Gasteiger partial charge is 0.391 e.